The van der Waals surface area contributed by atoms with Gasteiger partial charge in [-0.25, -0.2) is 0 Å². The van der Waals surface area contributed by atoms with Crippen molar-refractivity contribution in [1.29, 1.82) is 0 Å². The lowest BCUT2D eigenvalue weighted by molar-refractivity contribution is 0.799. The summed E-state index contributed by atoms with van der Waals surface area (Å²) in [5, 5.41) is 7.91. The standard InChI is InChI=1S/C19H22N4/c1-14-6-5-7-15(10-14)12-21-19(20-2)22-13-17-11-16-8-3-4-9-18(16)23-17/h3-11,23H,12-13H2,1-2H3,(H2,20,21,22). The van der Waals surface area contributed by atoms with Gasteiger partial charge in [0.15, 0.2) is 5.96 Å². The van der Waals surface area contributed by atoms with Crippen molar-refractivity contribution in [3.8, 4) is 0 Å². The zero-order chi connectivity index (χ0) is 16.1. The number of H-pyrrole nitrogens is 1. The number of fused-ring (bicyclic) bond motifs is 1. The molecule has 0 atom stereocenters. The molecule has 4 heteroatoms. The molecule has 118 valence electrons. The van der Waals surface area contributed by atoms with E-state index in [9.17, 15) is 0 Å². The van der Waals surface area contributed by atoms with Crippen LogP contribution in [-0.4, -0.2) is 18.0 Å². The summed E-state index contributed by atoms with van der Waals surface area (Å²) in [5.41, 5.74) is 4.82. The Balaban J connectivity index is 1.57. The number of hydrogen-bond donors (Lipinski definition) is 3. The molecule has 0 saturated heterocycles. The largest absolute Gasteiger partial charge is 0.357 e. The van der Waals surface area contributed by atoms with Crippen molar-refractivity contribution in [2.45, 2.75) is 20.0 Å². The Morgan fingerprint density at radius 3 is 2.61 bits per heavy atom. The fourth-order valence-corrected chi connectivity index (χ4v) is 2.64. The summed E-state index contributed by atoms with van der Waals surface area (Å²) in [7, 11) is 1.79. The smallest absolute Gasteiger partial charge is 0.191 e. The Kier molecular flexibility index (Phi) is 4.62. The van der Waals surface area contributed by atoms with Gasteiger partial charge < -0.3 is 15.6 Å². The van der Waals surface area contributed by atoms with Crippen LogP contribution in [0.3, 0.4) is 0 Å². The number of hydrogen-bond acceptors (Lipinski definition) is 1. The van der Waals surface area contributed by atoms with Crippen molar-refractivity contribution < 1.29 is 0 Å². The normalized spacial score (nSPS) is 11.7. The lowest BCUT2D eigenvalue weighted by Crippen LogP contribution is -2.36. The van der Waals surface area contributed by atoms with Gasteiger partial charge in [0.25, 0.3) is 0 Å². The van der Waals surface area contributed by atoms with Crippen LogP contribution in [0.25, 0.3) is 10.9 Å². The summed E-state index contributed by atoms with van der Waals surface area (Å²) in [4.78, 5) is 7.69. The molecule has 3 N–H and O–H groups in total. The monoisotopic (exact) mass is 306 g/mol. The Labute approximate surface area is 136 Å². The van der Waals surface area contributed by atoms with E-state index in [0.29, 0.717) is 6.54 Å². The maximum absolute atomic E-state index is 4.28. The second-order valence-electron chi connectivity index (χ2n) is 5.65. The number of nitrogens with one attached hydrogen (secondary N) is 3. The molecule has 0 fully saturated rings. The SMILES string of the molecule is CN=C(NCc1cccc(C)c1)NCc1cc2ccccc2[nH]1. The van der Waals surface area contributed by atoms with Crippen LogP contribution in [0.15, 0.2) is 59.6 Å². The zero-order valence-corrected chi connectivity index (χ0v) is 13.6. The van der Waals surface area contributed by atoms with Gasteiger partial charge >= 0.3 is 0 Å². The molecule has 0 radical (unpaired) electrons. The number of aryl methyl sites for hydroxylation is 1. The number of aromatic nitrogens is 1. The number of nitrogens with zero attached hydrogens (tertiary/aromatic N) is 1. The molecule has 0 aliphatic rings. The maximum atomic E-state index is 4.28. The average Bonchev–Trinajstić information content (AvgIpc) is 2.98. The average molecular weight is 306 g/mol. The Hall–Kier alpha value is -2.75. The van der Waals surface area contributed by atoms with Gasteiger partial charge in [-0.3, -0.25) is 4.99 Å². The van der Waals surface area contributed by atoms with E-state index < -0.39 is 0 Å². The van der Waals surface area contributed by atoms with Crippen LogP contribution >= 0.6 is 0 Å². The lowest BCUT2D eigenvalue weighted by atomic mass is 10.1. The highest BCUT2D eigenvalue weighted by Crippen LogP contribution is 2.14. The summed E-state index contributed by atoms with van der Waals surface area (Å²) in [6, 6.07) is 18.9. The molecule has 0 saturated carbocycles. The minimum atomic E-state index is 0.710. The van der Waals surface area contributed by atoms with E-state index >= 15 is 0 Å². The molecule has 0 aliphatic carbocycles. The van der Waals surface area contributed by atoms with Crippen LogP contribution in [0.5, 0.6) is 0 Å². The maximum Gasteiger partial charge on any atom is 0.191 e. The first-order chi connectivity index (χ1) is 11.2. The van der Waals surface area contributed by atoms with E-state index in [1.807, 2.05) is 6.07 Å². The van der Waals surface area contributed by atoms with Gasteiger partial charge in [0, 0.05) is 24.8 Å². The van der Waals surface area contributed by atoms with E-state index in [2.05, 4.69) is 76.1 Å². The molecule has 2 aromatic carbocycles. The third kappa shape index (κ3) is 3.92. The van der Waals surface area contributed by atoms with Gasteiger partial charge in [-0.2, -0.15) is 0 Å². The van der Waals surface area contributed by atoms with Crippen LogP contribution in [0.1, 0.15) is 16.8 Å². The van der Waals surface area contributed by atoms with Gasteiger partial charge in [-0.1, -0.05) is 48.0 Å². The first kappa shape index (κ1) is 15.2. The van der Waals surface area contributed by atoms with Gasteiger partial charge in [0.2, 0.25) is 0 Å². The van der Waals surface area contributed by atoms with Gasteiger partial charge in [-0.05, 0) is 30.0 Å². The van der Waals surface area contributed by atoms with E-state index in [1.165, 1.54) is 16.5 Å². The first-order valence-electron chi connectivity index (χ1n) is 7.81. The summed E-state index contributed by atoms with van der Waals surface area (Å²) >= 11 is 0. The number of guanidine groups is 1. The van der Waals surface area contributed by atoms with Crippen molar-refractivity contribution in [3.05, 3.63) is 71.4 Å². The Bertz CT molecular complexity index is 784. The molecule has 3 rings (SSSR count). The molecule has 23 heavy (non-hydrogen) atoms. The number of aliphatic imine (C=N–C) groups is 1. The first-order valence-corrected chi connectivity index (χ1v) is 7.81. The summed E-state index contributed by atoms with van der Waals surface area (Å²) in [6.45, 7) is 3.57. The third-order valence-electron chi connectivity index (χ3n) is 3.80. The third-order valence-corrected chi connectivity index (χ3v) is 3.80. The molecule has 0 amide bonds. The van der Waals surface area contributed by atoms with Gasteiger partial charge in [0.1, 0.15) is 0 Å². The molecule has 0 bridgehead atoms. The van der Waals surface area contributed by atoms with E-state index in [-0.39, 0.29) is 0 Å². The zero-order valence-electron chi connectivity index (χ0n) is 13.6. The number of para-hydroxylation sites is 1. The van der Waals surface area contributed by atoms with Crippen LogP contribution in [-0.2, 0) is 13.1 Å². The predicted molar refractivity (Wildman–Crippen MR) is 96.5 cm³/mol. The molecule has 0 spiro atoms. The van der Waals surface area contributed by atoms with Crippen LogP contribution in [0.2, 0.25) is 0 Å². The molecular formula is C19H22N4. The Morgan fingerprint density at radius 1 is 1.00 bits per heavy atom. The van der Waals surface area contributed by atoms with Gasteiger partial charge in [-0.15, -0.1) is 0 Å². The topological polar surface area (TPSA) is 52.2 Å². The lowest BCUT2D eigenvalue weighted by Gasteiger charge is -2.11. The van der Waals surface area contributed by atoms with Crippen molar-refractivity contribution in [1.82, 2.24) is 15.6 Å². The highest BCUT2D eigenvalue weighted by Gasteiger charge is 2.02. The van der Waals surface area contributed by atoms with E-state index in [4.69, 9.17) is 0 Å². The molecule has 0 aliphatic heterocycles. The Morgan fingerprint density at radius 2 is 1.83 bits per heavy atom. The second-order valence-corrected chi connectivity index (χ2v) is 5.65. The predicted octanol–water partition coefficient (Wildman–Crippen LogP) is 3.34. The van der Waals surface area contributed by atoms with Crippen molar-refractivity contribution in [2.75, 3.05) is 7.05 Å². The van der Waals surface area contributed by atoms with E-state index in [1.54, 1.807) is 7.05 Å². The molecule has 3 aromatic rings. The highest BCUT2D eigenvalue weighted by atomic mass is 15.2. The minimum absolute atomic E-state index is 0.710. The summed E-state index contributed by atoms with van der Waals surface area (Å²) in [6.07, 6.45) is 0. The number of rotatable bonds is 4. The molecule has 1 aromatic heterocycles. The quantitative estimate of drug-likeness (QED) is 0.511. The van der Waals surface area contributed by atoms with Crippen molar-refractivity contribution >= 4 is 16.9 Å². The fourth-order valence-electron chi connectivity index (χ4n) is 2.64. The van der Waals surface area contributed by atoms with Crippen LogP contribution in [0, 0.1) is 6.92 Å². The molecule has 4 nitrogen and oxygen atoms in total. The van der Waals surface area contributed by atoms with Crippen molar-refractivity contribution in [3.63, 3.8) is 0 Å². The highest BCUT2D eigenvalue weighted by molar-refractivity contribution is 5.81. The van der Waals surface area contributed by atoms with Crippen LogP contribution in [0.4, 0.5) is 0 Å². The van der Waals surface area contributed by atoms with Crippen LogP contribution < -0.4 is 10.6 Å². The second kappa shape index (κ2) is 7.01. The summed E-state index contributed by atoms with van der Waals surface area (Å²) in [5.74, 6) is 0.796. The van der Waals surface area contributed by atoms with E-state index in [0.717, 1.165) is 23.7 Å². The molecule has 1 heterocycles. The number of benzene rings is 2. The molecular weight excluding hydrogens is 284 g/mol. The molecule has 0 unspecified atom stereocenters. The fraction of sp³-hybridized carbons (Fsp3) is 0.211. The van der Waals surface area contributed by atoms with Gasteiger partial charge in [0.05, 0.1) is 6.54 Å². The van der Waals surface area contributed by atoms with Crippen molar-refractivity contribution in [2.24, 2.45) is 4.99 Å². The number of aromatic amines is 1. The minimum Gasteiger partial charge on any atom is -0.357 e. The summed E-state index contributed by atoms with van der Waals surface area (Å²) < 4.78 is 0.